The molecule has 0 bridgehead atoms. The number of aryl methyl sites for hydroxylation is 1. The van der Waals surface area contributed by atoms with Gasteiger partial charge >= 0.3 is 0 Å². The molecule has 1 atom stereocenters. The van der Waals surface area contributed by atoms with E-state index in [9.17, 15) is 0 Å². The molecule has 7 heteroatoms. The molecule has 1 aromatic carbocycles. The highest BCUT2D eigenvalue weighted by Gasteiger charge is 2.15. The third kappa shape index (κ3) is 3.83. The van der Waals surface area contributed by atoms with Crippen LogP contribution in [-0.4, -0.2) is 31.1 Å². The van der Waals surface area contributed by atoms with Crippen LogP contribution in [0, 0.1) is 6.92 Å². The van der Waals surface area contributed by atoms with Crippen LogP contribution >= 0.6 is 11.6 Å². The van der Waals surface area contributed by atoms with E-state index in [1.165, 1.54) is 0 Å². The van der Waals surface area contributed by atoms with Gasteiger partial charge in [0.05, 0.1) is 23.8 Å². The lowest BCUT2D eigenvalue weighted by molar-refractivity contribution is 0.517. The molecule has 0 aliphatic carbocycles. The Morgan fingerprint density at radius 2 is 2.04 bits per heavy atom. The Morgan fingerprint density at radius 3 is 2.75 bits per heavy atom. The standard InChI is InChI=1S/C17H21ClN6/c1-13(20-8-3-10-23-11-9-19-12-23)17-14(2)24(22-21-17)16-6-4-15(18)5-7-16/h4-7,9,11-13,20H,3,8,10H2,1-2H3. The minimum Gasteiger partial charge on any atom is -0.337 e. The first-order chi connectivity index (χ1) is 11.6. The maximum Gasteiger partial charge on any atom is 0.103 e. The number of nitrogens with zero attached hydrogens (tertiary/aromatic N) is 5. The molecule has 0 fully saturated rings. The molecule has 0 saturated heterocycles. The van der Waals surface area contributed by atoms with Gasteiger partial charge in [-0.2, -0.15) is 0 Å². The summed E-state index contributed by atoms with van der Waals surface area (Å²) in [6.45, 7) is 6.01. The zero-order chi connectivity index (χ0) is 16.9. The lowest BCUT2D eigenvalue weighted by atomic mass is 10.2. The summed E-state index contributed by atoms with van der Waals surface area (Å²) in [5.41, 5.74) is 2.96. The van der Waals surface area contributed by atoms with E-state index in [-0.39, 0.29) is 6.04 Å². The van der Waals surface area contributed by atoms with E-state index in [1.807, 2.05) is 48.4 Å². The molecule has 1 N–H and O–H groups in total. The van der Waals surface area contributed by atoms with Gasteiger partial charge in [0, 0.05) is 24.0 Å². The van der Waals surface area contributed by atoms with E-state index in [0.717, 1.165) is 36.6 Å². The van der Waals surface area contributed by atoms with Crippen molar-refractivity contribution < 1.29 is 0 Å². The van der Waals surface area contributed by atoms with E-state index in [2.05, 4.69) is 32.1 Å². The van der Waals surface area contributed by atoms with E-state index in [1.54, 1.807) is 6.20 Å². The summed E-state index contributed by atoms with van der Waals surface area (Å²) in [7, 11) is 0. The number of hydrogen-bond donors (Lipinski definition) is 1. The van der Waals surface area contributed by atoms with Crippen LogP contribution in [0.5, 0.6) is 0 Å². The van der Waals surface area contributed by atoms with Gasteiger partial charge in [-0.3, -0.25) is 0 Å². The molecule has 3 rings (SSSR count). The summed E-state index contributed by atoms with van der Waals surface area (Å²) in [6.07, 6.45) is 6.65. The van der Waals surface area contributed by atoms with Gasteiger partial charge in [0.1, 0.15) is 5.69 Å². The van der Waals surface area contributed by atoms with Crippen LogP contribution in [0.25, 0.3) is 5.69 Å². The second-order valence-corrected chi connectivity index (χ2v) is 6.21. The highest BCUT2D eigenvalue weighted by molar-refractivity contribution is 6.30. The topological polar surface area (TPSA) is 60.6 Å². The van der Waals surface area contributed by atoms with Gasteiger partial charge in [-0.25, -0.2) is 9.67 Å². The average Bonchev–Trinajstić information content (AvgIpc) is 3.22. The second-order valence-electron chi connectivity index (χ2n) is 5.78. The average molecular weight is 345 g/mol. The quantitative estimate of drug-likeness (QED) is 0.669. The Morgan fingerprint density at radius 1 is 1.25 bits per heavy atom. The number of hydrogen-bond acceptors (Lipinski definition) is 4. The Kier molecular flexibility index (Phi) is 5.27. The molecule has 0 aliphatic heterocycles. The Labute approximate surface area is 146 Å². The fourth-order valence-electron chi connectivity index (χ4n) is 2.66. The summed E-state index contributed by atoms with van der Waals surface area (Å²) in [6, 6.07) is 7.74. The maximum atomic E-state index is 5.94. The van der Waals surface area contributed by atoms with Gasteiger partial charge in [-0.1, -0.05) is 16.8 Å². The second kappa shape index (κ2) is 7.59. The van der Waals surface area contributed by atoms with Gasteiger partial charge in [-0.15, -0.1) is 5.10 Å². The Bertz CT molecular complexity index is 763. The summed E-state index contributed by atoms with van der Waals surface area (Å²) in [5, 5.41) is 12.8. The number of halogens is 1. The van der Waals surface area contributed by atoms with Crippen molar-refractivity contribution in [3.63, 3.8) is 0 Å². The number of aromatic nitrogens is 5. The van der Waals surface area contributed by atoms with Crippen LogP contribution < -0.4 is 5.32 Å². The van der Waals surface area contributed by atoms with Gasteiger partial charge in [0.15, 0.2) is 0 Å². The van der Waals surface area contributed by atoms with Gasteiger partial charge < -0.3 is 9.88 Å². The zero-order valence-corrected chi connectivity index (χ0v) is 14.6. The Balaban J connectivity index is 1.59. The van der Waals surface area contributed by atoms with Gasteiger partial charge in [0.25, 0.3) is 0 Å². The Hall–Kier alpha value is -2.18. The minimum absolute atomic E-state index is 0.147. The fourth-order valence-corrected chi connectivity index (χ4v) is 2.79. The molecule has 0 saturated carbocycles. The zero-order valence-electron chi connectivity index (χ0n) is 13.9. The molecule has 2 aromatic heterocycles. The SMILES string of the molecule is Cc1c(C(C)NCCCn2ccnc2)nnn1-c1ccc(Cl)cc1. The first-order valence-corrected chi connectivity index (χ1v) is 8.40. The van der Waals surface area contributed by atoms with Gasteiger partial charge in [-0.05, 0) is 51.1 Å². The van der Waals surface area contributed by atoms with Crippen LogP contribution in [0.2, 0.25) is 5.02 Å². The molecule has 1 unspecified atom stereocenters. The lowest BCUT2D eigenvalue weighted by Gasteiger charge is -2.12. The molecule has 0 amide bonds. The van der Waals surface area contributed by atoms with Crippen molar-refractivity contribution in [2.45, 2.75) is 32.9 Å². The van der Waals surface area contributed by atoms with Crippen LogP contribution in [0.4, 0.5) is 0 Å². The molecule has 0 radical (unpaired) electrons. The predicted octanol–water partition coefficient (Wildman–Crippen LogP) is 3.17. The molecule has 0 aliphatic rings. The number of benzene rings is 1. The van der Waals surface area contributed by atoms with Crippen LogP contribution in [0.1, 0.15) is 30.8 Å². The van der Waals surface area contributed by atoms with E-state index in [0.29, 0.717) is 5.02 Å². The van der Waals surface area contributed by atoms with Crippen molar-refractivity contribution in [1.82, 2.24) is 29.9 Å². The number of nitrogens with one attached hydrogen (secondary N) is 1. The minimum atomic E-state index is 0.147. The number of imidazole rings is 1. The molecule has 6 nitrogen and oxygen atoms in total. The molecule has 3 aromatic rings. The molecule has 126 valence electrons. The normalized spacial score (nSPS) is 12.5. The molecule has 0 spiro atoms. The molecule has 24 heavy (non-hydrogen) atoms. The van der Waals surface area contributed by atoms with E-state index < -0.39 is 0 Å². The highest BCUT2D eigenvalue weighted by Crippen LogP contribution is 2.19. The van der Waals surface area contributed by atoms with Crippen LogP contribution in [0.15, 0.2) is 43.0 Å². The highest BCUT2D eigenvalue weighted by atomic mass is 35.5. The monoisotopic (exact) mass is 344 g/mol. The first-order valence-electron chi connectivity index (χ1n) is 8.02. The maximum absolute atomic E-state index is 5.94. The van der Waals surface area contributed by atoms with Crippen molar-refractivity contribution in [2.75, 3.05) is 6.54 Å². The summed E-state index contributed by atoms with van der Waals surface area (Å²) >= 11 is 5.94. The first kappa shape index (κ1) is 16.7. The molecular formula is C17H21ClN6. The van der Waals surface area contributed by atoms with Crippen molar-refractivity contribution in [3.05, 3.63) is 59.4 Å². The van der Waals surface area contributed by atoms with Crippen molar-refractivity contribution in [2.24, 2.45) is 0 Å². The summed E-state index contributed by atoms with van der Waals surface area (Å²) < 4.78 is 3.92. The van der Waals surface area contributed by atoms with Crippen molar-refractivity contribution in [1.29, 1.82) is 0 Å². The smallest absolute Gasteiger partial charge is 0.103 e. The molecular weight excluding hydrogens is 324 g/mol. The molecule has 2 heterocycles. The lowest BCUT2D eigenvalue weighted by Crippen LogP contribution is -2.22. The third-order valence-electron chi connectivity index (χ3n) is 4.01. The largest absolute Gasteiger partial charge is 0.337 e. The number of rotatable bonds is 7. The summed E-state index contributed by atoms with van der Waals surface area (Å²) in [5.74, 6) is 0. The van der Waals surface area contributed by atoms with Crippen LogP contribution in [0.3, 0.4) is 0 Å². The van der Waals surface area contributed by atoms with E-state index >= 15 is 0 Å². The fraction of sp³-hybridized carbons (Fsp3) is 0.353. The van der Waals surface area contributed by atoms with Crippen molar-refractivity contribution >= 4 is 11.6 Å². The van der Waals surface area contributed by atoms with Crippen LogP contribution in [-0.2, 0) is 6.54 Å². The third-order valence-corrected chi connectivity index (χ3v) is 4.27. The van der Waals surface area contributed by atoms with Crippen molar-refractivity contribution in [3.8, 4) is 5.69 Å². The van der Waals surface area contributed by atoms with E-state index in [4.69, 9.17) is 11.6 Å². The predicted molar refractivity (Wildman–Crippen MR) is 94.4 cm³/mol. The van der Waals surface area contributed by atoms with Gasteiger partial charge in [0.2, 0.25) is 0 Å². The summed E-state index contributed by atoms with van der Waals surface area (Å²) in [4.78, 5) is 4.05.